The van der Waals surface area contributed by atoms with E-state index >= 15 is 0 Å². The van der Waals surface area contributed by atoms with Gasteiger partial charge in [0.25, 0.3) is 11.8 Å². The van der Waals surface area contributed by atoms with Gasteiger partial charge in [-0.15, -0.1) is 5.06 Å². The van der Waals surface area contributed by atoms with E-state index in [9.17, 15) is 19.2 Å². The molecule has 0 aliphatic carbocycles. The molecule has 0 aromatic carbocycles. The second-order valence-corrected chi connectivity index (χ2v) is 8.52. The van der Waals surface area contributed by atoms with Gasteiger partial charge in [0.2, 0.25) is 5.91 Å². The topological polar surface area (TPSA) is 92.8 Å². The molecular formula is C24H42N2O5. The fourth-order valence-electron chi connectivity index (χ4n) is 3.71. The minimum absolute atomic E-state index is 0.0532. The van der Waals surface area contributed by atoms with Gasteiger partial charge in [-0.2, -0.15) is 0 Å². The highest BCUT2D eigenvalue weighted by atomic mass is 16.7. The normalized spacial score (nSPS) is 13.6. The summed E-state index contributed by atoms with van der Waals surface area (Å²) < 4.78 is 0. The Bertz CT molecular complexity index is 534. The molecule has 3 amide bonds. The molecule has 7 nitrogen and oxygen atoms in total. The molecule has 0 unspecified atom stereocenters. The van der Waals surface area contributed by atoms with Crippen LogP contribution in [0.15, 0.2) is 0 Å². The number of carbonyl (C=O) groups is 4. The lowest BCUT2D eigenvalue weighted by atomic mass is 10.0. The lowest BCUT2D eigenvalue weighted by Crippen LogP contribution is -2.37. The molecule has 1 aliphatic heterocycles. The molecule has 1 aliphatic rings. The van der Waals surface area contributed by atoms with E-state index in [1.807, 2.05) is 0 Å². The third-order valence-corrected chi connectivity index (χ3v) is 5.64. The predicted molar refractivity (Wildman–Crippen MR) is 120 cm³/mol. The second-order valence-electron chi connectivity index (χ2n) is 8.52. The van der Waals surface area contributed by atoms with Crippen LogP contribution in [0.1, 0.15) is 122 Å². The van der Waals surface area contributed by atoms with Gasteiger partial charge in [-0.05, 0) is 6.42 Å². The molecule has 0 radical (unpaired) electrons. The standard InChI is InChI=1S/C24H42N2O5/c1-2-3-4-5-6-7-8-9-10-11-12-13-14-15-16-17-21(27)25-20-24(30)31-26-22(28)18-19-23(26)29/h2-20H2,1H3,(H,25,27). The number of hydroxylamine groups is 2. The van der Waals surface area contributed by atoms with Crippen molar-refractivity contribution in [1.29, 1.82) is 0 Å². The summed E-state index contributed by atoms with van der Waals surface area (Å²) in [5.41, 5.74) is 0. The summed E-state index contributed by atoms with van der Waals surface area (Å²) in [5.74, 6) is -2.08. The van der Waals surface area contributed by atoms with Gasteiger partial charge in [0.15, 0.2) is 0 Å². The quantitative estimate of drug-likeness (QED) is 0.227. The number of imide groups is 1. The average Bonchev–Trinajstić information content (AvgIpc) is 3.07. The van der Waals surface area contributed by atoms with E-state index in [2.05, 4.69) is 12.2 Å². The van der Waals surface area contributed by atoms with E-state index in [0.29, 0.717) is 11.5 Å². The van der Waals surface area contributed by atoms with Gasteiger partial charge in [-0.1, -0.05) is 96.8 Å². The Labute approximate surface area is 187 Å². The Hall–Kier alpha value is -1.92. The van der Waals surface area contributed by atoms with Gasteiger partial charge in [-0.3, -0.25) is 14.4 Å². The monoisotopic (exact) mass is 438 g/mol. The Morgan fingerprint density at radius 3 is 1.61 bits per heavy atom. The van der Waals surface area contributed by atoms with Crippen LogP contribution in [0.25, 0.3) is 0 Å². The summed E-state index contributed by atoms with van der Waals surface area (Å²) in [4.78, 5) is 50.8. The molecule has 0 aromatic heterocycles. The zero-order valence-corrected chi connectivity index (χ0v) is 19.4. The number of rotatable bonds is 19. The maximum absolute atomic E-state index is 11.8. The van der Waals surface area contributed by atoms with Crippen LogP contribution >= 0.6 is 0 Å². The van der Waals surface area contributed by atoms with Crippen molar-refractivity contribution in [2.45, 2.75) is 122 Å². The van der Waals surface area contributed by atoms with Crippen LogP contribution in [0.3, 0.4) is 0 Å². The van der Waals surface area contributed by atoms with Gasteiger partial charge in [-0.25, -0.2) is 4.79 Å². The van der Waals surface area contributed by atoms with E-state index in [1.165, 1.54) is 77.0 Å². The van der Waals surface area contributed by atoms with Crippen LogP contribution in [0.5, 0.6) is 0 Å². The largest absolute Gasteiger partial charge is 0.352 e. The average molecular weight is 439 g/mol. The minimum atomic E-state index is -0.812. The highest BCUT2D eigenvalue weighted by Gasteiger charge is 2.32. The number of hydrogen-bond acceptors (Lipinski definition) is 5. The van der Waals surface area contributed by atoms with Gasteiger partial charge >= 0.3 is 5.97 Å². The highest BCUT2D eigenvalue weighted by Crippen LogP contribution is 2.14. The van der Waals surface area contributed by atoms with Crippen LogP contribution < -0.4 is 5.32 Å². The Morgan fingerprint density at radius 1 is 0.742 bits per heavy atom. The first-order valence-corrected chi connectivity index (χ1v) is 12.4. The maximum Gasteiger partial charge on any atom is 0.352 e. The molecule has 0 aromatic rings. The summed E-state index contributed by atoms with van der Waals surface area (Å²) in [6, 6.07) is 0. The molecule has 0 bridgehead atoms. The zero-order valence-electron chi connectivity index (χ0n) is 19.4. The first kappa shape index (κ1) is 27.1. The second kappa shape index (κ2) is 17.7. The van der Waals surface area contributed by atoms with E-state index in [0.717, 1.165) is 19.3 Å². The zero-order chi connectivity index (χ0) is 22.7. The third-order valence-electron chi connectivity index (χ3n) is 5.64. The Kier molecular flexibility index (Phi) is 15.5. The fraction of sp³-hybridized carbons (Fsp3) is 0.833. The summed E-state index contributed by atoms with van der Waals surface area (Å²) >= 11 is 0. The molecule has 31 heavy (non-hydrogen) atoms. The van der Waals surface area contributed by atoms with E-state index in [1.54, 1.807) is 0 Å². The van der Waals surface area contributed by atoms with E-state index in [4.69, 9.17) is 4.84 Å². The van der Waals surface area contributed by atoms with Gasteiger partial charge in [0.05, 0.1) is 0 Å². The molecule has 1 fully saturated rings. The lowest BCUT2D eigenvalue weighted by molar-refractivity contribution is -0.196. The predicted octanol–water partition coefficient (Wildman–Crippen LogP) is 4.97. The maximum atomic E-state index is 11.8. The molecule has 7 heteroatoms. The molecule has 0 spiro atoms. The van der Waals surface area contributed by atoms with Crippen LogP contribution in [0, 0.1) is 0 Å². The van der Waals surface area contributed by atoms with Crippen molar-refractivity contribution in [1.82, 2.24) is 10.4 Å². The number of carbonyl (C=O) groups excluding carboxylic acids is 4. The third kappa shape index (κ3) is 13.9. The number of amides is 3. The molecule has 0 saturated carbocycles. The van der Waals surface area contributed by atoms with Crippen LogP contribution in [-0.4, -0.2) is 35.3 Å². The van der Waals surface area contributed by atoms with Crippen molar-refractivity contribution in [3.05, 3.63) is 0 Å². The molecule has 0 atom stereocenters. The molecule has 1 heterocycles. The fourth-order valence-corrected chi connectivity index (χ4v) is 3.71. The van der Waals surface area contributed by atoms with Crippen molar-refractivity contribution in [3.8, 4) is 0 Å². The Balaban J connectivity index is 1.84. The van der Waals surface area contributed by atoms with Crippen LogP contribution in [0.4, 0.5) is 0 Å². The number of nitrogens with zero attached hydrogens (tertiary/aromatic N) is 1. The molecular weight excluding hydrogens is 396 g/mol. The SMILES string of the molecule is CCCCCCCCCCCCCCCCCC(=O)NCC(=O)ON1C(=O)CCC1=O. The summed E-state index contributed by atoms with van der Waals surface area (Å²) in [7, 11) is 0. The lowest BCUT2D eigenvalue weighted by Gasteiger charge is -2.12. The molecule has 1 rings (SSSR count). The van der Waals surface area contributed by atoms with Crippen LogP contribution in [-0.2, 0) is 24.0 Å². The smallest absolute Gasteiger partial charge is 0.345 e. The number of hydrogen-bond donors (Lipinski definition) is 1. The molecule has 178 valence electrons. The number of nitrogens with one attached hydrogen (secondary N) is 1. The first-order chi connectivity index (χ1) is 15.0. The van der Waals surface area contributed by atoms with Gasteiger partial charge in [0, 0.05) is 19.3 Å². The van der Waals surface area contributed by atoms with Crippen molar-refractivity contribution in [2.24, 2.45) is 0 Å². The number of unbranched alkanes of at least 4 members (excludes halogenated alkanes) is 14. The van der Waals surface area contributed by atoms with E-state index in [-0.39, 0.29) is 25.3 Å². The Morgan fingerprint density at radius 2 is 1.16 bits per heavy atom. The van der Waals surface area contributed by atoms with Crippen molar-refractivity contribution >= 4 is 23.7 Å². The molecule has 1 N–H and O–H groups in total. The van der Waals surface area contributed by atoms with E-state index < -0.39 is 17.8 Å². The van der Waals surface area contributed by atoms with Crippen LogP contribution in [0.2, 0.25) is 0 Å². The molecule has 1 saturated heterocycles. The highest BCUT2D eigenvalue weighted by molar-refractivity contribution is 6.01. The van der Waals surface area contributed by atoms with Crippen molar-refractivity contribution < 1.29 is 24.0 Å². The summed E-state index contributed by atoms with van der Waals surface area (Å²) in [5, 5.41) is 2.96. The minimum Gasteiger partial charge on any atom is -0.345 e. The summed E-state index contributed by atoms with van der Waals surface area (Å²) in [6.45, 7) is 1.92. The van der Waals surface area contributed by atoms with Crippen molar-refractivity contribution in [2.75, 3.05) is 6.54 Å². The first-order valence-electron chi connectivity index (χ1n) is 12.4. The van der Waals surface area contributed by atoms with Gasteiger partial charge < -0.3 is 10.2 Å². The summed E-state index contributed by atoms with van der Waals surface area (Å²) in [6.07, 6.45) is 19.5. The van der Waals surface area contributed by atoms with Gasteiger partial charge in [0.1, 0.15) is 6.54 Å². The van der Waals surface area contributed by atoms with Crippen molar-refractivity contribution in [3.63, 3.8) is 0 Å².